The van der Waals surface area contributed by atoms with E-state index >= 15 is 0 Å². The van der Waals surface area contributed by atoms with Crippen LogP contribution in [0.25, 0.3) is 0 Å². The van der Waals surface area contributed by atoms with Crippen LogP contribution in [-0.4, -0.2) is 26.2 Å². The predicted octanol–water partition coefficient (Wildman–Crippen LogP) is 0.207. The summed E-state index contributed by atoms with van der Waals surface area (Å²) in [5, 5.41) is 6.56. The smallest absolute Gasteiger partial charge is 0.0189 e. The van der Waals surface area contributed by atoms with E-state index in [-0.39, 0.29) is 0 Å². The summed E-state index contributed by atoms with van der Waals surface area (Å²) in [6.07, 6.45) is 10.7. The van der Waals surface area contributed by atoms with Crippen molar-refractivity contribution in [3.63, 3.8) is 0 Å². The molecule has 1 rings (SSSR count). The Balaban J connectivity index is 0.000000371. The Morgan fingerprint density at radius 3 is 2.50 bits per heavy atom. The Labute approximate surface area is 63.4 Å². The van der Waals surface area contributed by atoms with Crippen LogP contribution in [0.1, 0.15) is 12.8 Å². The topological polar surface area (TPSA) is 24.1 Å². The van der Waals surface area contributed by atoms with Gasteiger partial charge >= 0.3 is 0 Å². The highest BCUT2D eigenvalue weighted by atomic mass is 15.0. The van der Waals surface area contributed by atoms with Gasteiger partial charge in [-0.1, -0.05) is 0 Å². The van der Waals surface area contributed by atoms with Gasteiger partial charge in [0.2, 0.25) is 0 Å². The molecule has 0 amide bonds. The first kappa shape index (κ1) is 9.48. The van der Waals surface area contributed by atoms with Crippen molar-refractivity contribution in [3.8, 4) is 12.8 Å². The van der Waals surface area contributed by atoms with Crippen molar-refractivity contribution in [2.45, 2.75) is 18.9 Å². The van der Waals surface area contributed by atoms with Gasteiger partial charge in [0.25, 0.3) is 0 Å². The Bertz CT molecular complexity index is 82.5. The molecule has 0 aromatic carbocycles. The highest BCUT2D eigenvalue weighted by Gasteiger charge is 2.08. The molecule has 1 heterocycles. The molecule has 0 unspecified atom stereocenters. The number of likely N-dealkylation sites (N-methyl/N-ethyl adjacent to an activating group) is 1. The number of rotatable bonds is 1. The number of nitrogens with one attached hydrogen (secondary N) is 2. The monoisotopic (exact) mass is 140 g/mol. The van der Waals surface area contributed by atoms with E-state index in [2.05, 4.69) is 23.5 Å². The molecule has 2 N–H and O–H groups in total. The molecule has 0 saturated carbocycles. The first-order valence-electron chi connectivity index (χ1n) is 3.65. The van der Waals surface area contributed by atoms with Crippen molar-refractivity contribution >= 4 is 0 Å². The van der Waals surface area contributed by atoms with E-state index in [1.54, 1.807) is 0 Å². The van der Waals surface area contributed by atoms with Crippen molar-refractivity contribution in [2.24, 2.45) is 0 Å². The summed E-state index contributed by atoms with van der Waals surface area (Å²) < 4.78 is 0. The lowest BCUT2D eigenvalue weighted by atomic mass is 10.1. The van der Waals surface area contributed by atoms with Gasteiger partial charge in [-0.2, -0.15) is 0 Å². The molecule has 1 fully saturated rings. The zero-order valence-electron chi connectivity index (χ0n) is 6.56. The maximum Gasteiger partial charge on any atom is 0.0189 e. The highest BCUT2D eigenvalue weighted by Crippen LogP contribution is 1.98. The minimum absolute atomic E-state index is 0.726. The Kier molecular flexibility index (Phi) is 6.25. The standard InChI is InChI=1S/C6H14N2.C2H2/c1-7-6-3-2-4-8-5-6;1-2/h6-8H,2-5H2,1H3;1-2H/t6-;/m1./s1. The largest absolute Gasteiger partial charge is 0.316 e. The van der Waals surface area contributed by atoms with Gasteiger partial charge < -0.3 is 10.6 Å². The van der Waals surface area contributed by atoms with Gasteiger partial charge in [-0.05, 0) is 26.4 Å². The van der Waals surface area contributed by atoms with Crippen molar-refractivity contribution in [1.29, 1.82) is 0 Å². The predicted molar refractivity (Wildman–Crippen MR) is 44.8 cm³/mol. The molecule has 0 spiro atoms. The van der Waals surface area contributed by atoms with E-state index < -0.39 is 0 Å². The summed E-state index contributed by atoms with van der Waals surface area (Å²) in [7, 11) is 2.03. The van der Waals surface area contributed by atoms with Crippen LogP contribution in [0.3, 0.4) is 0 Å². The lowest BCUT2D eigenvalue weighted by molar-refractivity contribution is 0.412. The third-order valence-corrected chi connectivity index (χ3v) is 1.71. The van der Waals surface area contributed by atoms with Gasteiger partial charge in [0.1, 0.15) is 0 Å². The summed E-state index contributed by atoms with van der Waals surface area (Å²) in [5.41, 5.74) is 0. The van der Waals surface area contributed by atoms with Crippen molar-refractivity contribution < 1.29 is 0 Å². The fraction of sp³-hybridized carbons (Fsp3) is 0.750. The molecule has 0 radical (unpaired) electrons. The summed E-state index contributed by atoms with van der Waals surface area (Å²) >= 11 is 0. The molecule has 1 saturated heterocycles. The average Bonchev–Trinajstić information content (AvgIpc) is 2.10. The van der Waals surface area contributed by atoms with E-state index in [1.165, 1.54) is 19.4 Å². The summed E-state index contributed by atoms with van der Waals surface area (Å²) in [6.45, 7) is 2.36. The van der Waals surface area contributed by atoms with Gasteiger partial charge in [-0.3, -0.25) is 0 Å². The first-order valence-corrected chi connectivity index (χ1v) is 3.65. The maximum atomic E-state index is 4.00. The van der Waals surface area contributed by atoms with Gasteiger partial charge in [-0.15, -0.1) is 12.8 Å². The molecule has 0 aliphatic carbocycles. The van der Waals surface area contributed by atoms with Crippen molar-refractivity contribution in [3.05, 3.63) is 0 Å². The molecule has 0 aromatic rings. The van der Waals surface area contributed by atoms with Crippen LogP contribution in [0.2, 0.25) is 0 Å². The molecule has 0 bridgehead atoms. The van der Waals surface area contributed by atoms with Crippen LogP contribution in [-0.2, 0) is 0 Å². The molecule has 1 atom stereocenters. The number of terminal acetylenes is 1. The quantitative estimate of drug-likeness (QED) is 0.509. The maximum absolute atomic E-state index is 4.00. The van der Waals surface area contributed by atoms with Gasteiger partial charge in [-0.25, -0.2) is 0 Å². The lowest BCUT2D eigenvalue weighted by Gasteiger charge is -2.21. The zero-order valence-corrected chi connectivity index (χ0v) is 6.56. The lowest BCUT2D eigenvalue weighted by Crippen LogP contribution is -2.41. The zero-order chi connectivity index (χ0) is 7.82. The van der Waals surface area contributed by atoms with Crippen LogP contribution < -0.4 is 10.6 Å². The van der Waals surface area contributed by atoms with E-state index in [0.717, 1.165) is 12.6 Å². The summed E-state index contributed by atoms with van der Waals surface area (Å²) in [6, 6.07) is 0.726. The highest BCUT2D eigenvalue weighted by molar-refractivity contribution is 4.72. The molecule has 2 nitrogen and oxygen atoms in total. The second-order valence-electron chi connectivity index (χ2n) is 2.33. The number of piperidine rings is 1. The first-order chi connectivity index (χ1) is 4.93. The number of hydrogen-bond donors (Lipinski definition) is 2. The van der Waals surface area contributed by atoms with Crippen LogP contribution in [0.4, 0.5) is 0 Å². The minimum atomic E-state index is 0.726. The van der Waals surface area contributed by atoms with Gasteiger partial charge in [0, 0.05) is 12.6 Å². The van der Waals surface area contributed by atoms with E-state index in [1.807, 2.05) is 7.05 Å². The molecule has 58 valence electrons. The molecule has 1 aliphatic heterocycles. The van der Waals surface area contributed by atoms with E-state index in [4.69, 9.17) is 0 Å². The second-order valence-corrected chi connectivity index (χ2v) is 2.33. The Morgan fingerprint density at radius 1 is 1.50 bits per heavy atom. The third kappa shape index (κ3) is 3.49. The van der Waals surface area contributed by atoms with Crippen molar-refractivity contribution in [1.82, 2.24) is 10.6 Å². The second kappa shape index (κ2) is 6.60. The molecule has 10 heavy (non-hydrogen) atoms. The minimum Gasteiger partial charge on any atom is -0.316 e. The van der Waals surface area contributed by atoms with Crippen molar-refractivity contribution in [2.75, 3.05) is 20.1 Å². The van der Waals surface area contributed by atoms with Gasteiger partial charge in [0.05, 0.1) is 0 Å². The SMILES string of the molecule is C#C.CN[C@@H]1CCCNC1. The van der Waals surface area contributed by atoms with Crippen LogP contribution in [0.5, 0.6) is 0 Å². The molecule has 1 aliphatic rings. The molecular formula is C8H16N2. The third-order valence-electron chi connectivity index (χ3n) is 1.71. The summed E-state index contributed by atoms with van der Waals surface area (Å²) in [5.74, 6) is 0. The van der Waals surface area contributed by atoms with E-state index in [9.17, 15) is 0 Å². The van der Waals surface area contributed by atoms with Gasteiger partial charge in [0.15, 0.2) is 0 Å². The Hall–Kier alpha value is -0.520. The Morgan fingerprint density at radius 2 is 2.20 bits per heavy atom. The van der Waals surface area contributed by atoms with Crippen LogP contribution >= 0.6 is 0 Å². The fourth-order valence-corrected chi connectivity index (χ4v) is 1.10. The van der Waals surface area contributed by atoms with E-state index in [0.29, 0.717) is 0 Å². The van der Waals surface area contributed by atoms with Crippen LogP contribution in [0, 0.1) is 12.8 Å². The number of hydrogen-bond acceptors (Lipinski definition) is 2. The normalized spacial score (nSPS) is 24.5. The fourth-order valence-electron chi connectivity index (χ4n) is 1.10. The molecule has 0 aromatic heterocycles. The molecular weight excluding hydrogens is 124 g/mol. The average molecular weight is 140 g/mol. The molecule has 2 heteroatoms. The summed E-state index contributed by atoms with van der Waals surface area (Å²) in [4.78, 5) is 0. The van der Waals surface area contributed by atoms with Crippen LogP contribution in [0.15, 0.2) is 0 Å².